The first-order valence-electron chi connectivity index (χ1n) is 4.34. The number of hydrogen-bond acceptors (Lipinski definition) is 3. The quantitative estimate of drug-likeness (QED) is 0.811. The molecule has 0 radical (unpaired) electrons. The normalized spacial score (nSPS) is 14.4. The lowest BCUT2D eigenvalue weighted by Crippen LogP contribution is -2.44. The van der Waals surface area contributed by atoms with Crippen LogP contribution in [-0.4, -0.2) is 21.1 Å². The number of rotatable bonds is 2. The van der Waals surface area contributed by atoms with Gasteiger partial charge in [-0.2, -0.15) is 5.01 Å². The van der Waals surface area contributed by atoms with Gasteiger partial charge in [0.1, 0.15) is 0 Å². The third-order valence-electron chi connectivity index (χ3n) is 1.85. The zero-order valence-electron chi connectivity index (χ0n) is 7.95. The Morgan fingerprint density at radius 2 is 1.69 bits per heavy atom. The van der Waals surface area contributed by atoms with Crippen LogP contribution in [0, 0.1) is 0 Å². The third-order valence-corrected chi connectivity index (χ3v) is 2.38. The molecule has 0 bridgehead atoms. The predicted octanol–water partition coefficient (Wildman–Crippen LogP) is 1.67. The maximum absolute atomic E-state index is 11.7. The van der Waals surface area contributed by atoms with Gasteiger partial charge in [-0.3, -0.25) is 10.2 Å². The van der Waals surface area contributed by atoms with Crippen LogP contribution in [-0.2, 0) is 0 Å². The van der Waals surface area contributed by atoms with Crippen LogP contribution in [0.1, 0.15) is 10.4 Å². The molecule has 1 aromatic carbocycles. The molecule has 0 spiro atoms. The Morgan fingerprint density at radius 1 is 1.12 bits per heavy atom. The Labute approximate surface area is 102 Å². The molecule has 0 atom stereocenters. The van der Waals surface area contributed by atoms with Gasteiger partial charge in [0.05, 0.1) is 0 Å². The van der Waals surface area contributed by atoms with Gasteiger partial charge in [-0.25, -0.2) is 0 Å². The van der Waals surface area contributed by atoms with Crippen LogP contribution in [0.3, 0.4) is 0 Å². The molecule has 1 amide bonds. The fourth-order valence-corrected chi connectivity index (χ4v) is 1.51. The number of thiocarbonyl (C=S) groups is 2. The molecule has 0 fully saturated rings. The molecule has 5 nitrogen and oxygen atoms in total. The first-order valence-corrected chi connectivity index (χ1v) is 5.16. The van der Waals surface area contributed by atoms with Crippen LogP contribution in [0.25, 0.3) is 0 Å². The molecular weight excluding hydrogens is 244 g/mol. The van der Waals surface area contributed by atoms with Crippen molar-refractivity contribution < 1.29 is 4.79 Å². The number of azo groups is 1. The molecule has 0 saturated carbocycles. The highest BCUT2D eigenvalue weighted by molar-refractivity contribution is 7.82. The van der Waals surface area contributed by atoms with Crippen molar-refractivity contribution in [1.29, 1.82) is 0 Å². The average molecular weight is 250 g/mol. The van der Waals surface area contributed by atoms with E-state index in [-0.39, 0.29) is 16.1 Å². The summed E-state index contributed by atoms with van der Waals surface area (Å²) >= 11 is 9.70. The number of carbonyl (C=O) groups is 1. The van der Waals surface area contributed by atoms with Gasteiger partial charge in [0.2, 0.25) is 10.2 Å². The molecule has 0 saturated heterocycles. The van der Waals surface area contributed by atoms with E-state index in [1.54, 1.807) is 24.3 Å². The molecule has 0 aliphatic carbocycles. The summed E-state index contributed by atoms with van der Waals surface area (Å²) in [6, 6.07) is 8.73. The summed E-state index contributed by atoms with van der Waals surface area (Å²) in [5, 5.41) is 8.61. The van der Waals surface area contributed by atoms with Crippen molar-refractivity contribution in [3.63, 3.8) is 0 Å². The summed E-state index contributed by atoms with van der Waals surface area (Å²) in [5.41, 5.74) is 3.03. The second kappa shape index (κ2) is 4.42. The van der Waals surface area contributed by atoms with Crippen LogP contribution < -0.4 is 5.43 Å². The third kappa shape index (κ3) is 2.10. The highest BCUT2D eigenvalue weighted by Crippen LogP contribution is 2.06. The number of amides is 1. The number of nitrogens with one attached hydrogen (secondary N) is 1. The van der Waals surface area contributed by atoms with Crippen molar-refractivity contribution in [2.24, 2.45) is 10.2 Å². The van der Waals surface area contributed by atoms with Crippen molar-refractivity contribution >= 4 is 40.6 Å². The zero-order chi connectivity index (χ0) is 11.5. The molecule has 80 valence electrons. The highest BCUT2D eigenvalue weighted by Gasteiger charge is 2.22. The lowest BCUT2D eigenvalue weighted by molar-refractivity contribution is 0.0909. The van der Waals surface area contributed by atoms with E-state index in [1.807, 2.05) is 6.07 Å². The summed E-state index contributed by atoms with van der Waals surface area (Å²) in [4.78, 5) is 11.7. The molecule has 1 heterocycles. The fraction of sp³-hybridized carbons (Fsp3) is 0. The Morgan fingerprint density at radius 3 is 2.25 bits per heavy atom. The Kier molecular flexibility index (Phi) is 2.97. The standard InChI is InChI=1S/C9H6N4OS2/c14-7(6-4-2-1-3-5-6)12-13-8(15)10-11-9(13)16/h1-5H,(H,12,14). The van der Waals surface area contributed by atoms with Gasteiger partial charge >= 0.3 is 0 Å². The molecular formula is C9H6N4OS2. The van der Waals surface area contributed by atoms with Gasteiger partial charge in [-0.15, -0.1) is 10.2 Å². The van der Waals surface area contributed by atoms with E-state index in [0.717, 1.165) is 0 Å². The molecule has 2 rings (SSSR count). The monoisotopic (exact) mass is 250 g/mol. The van der Waals surface area contributed by atoms with Gasteiger partial charge in [0, 0.05) is 5.56 Å². The Balaban J connectivity index is 2.09. The van der Waals surface area contributed by atoms with E-state index in [4.69, 9.17) is 24.4 Å². The number of benzene rings is 1. The number of carbonyl (C=O) groups excluding carboxylic acids is 1. The molecule has 1 aliphatic rings. The van der Waals surface area contributed by atoms with Gasteiger partial charge < -0.3 is 0 Å². The zero-order valence-corrected chi connectivity index (χ0v) is 9.59. The van der Waals surface area contributed by atoms with Crippen LogP contribution in [0.4, 0.5) is 0 Å². The number of nitrogens with zero attached hydrogens (tertiary/aromatic N) is 3. The Bertz CT molecular complexity index is 468. The van der Waals surface area contributed by atoms with E-state index in [9.17, 15) is 4.79 Å². The minimum Gasteiger partial charge on any atom is -0.267 e. The number of hydrogen-bond donors (Lipinski definition) is 1. The Hall–Kier alpha value is -1.73. The predicted molar refractivity (Wildman–Crippen MR) is 65.8 cm³/mol. The van der Waals surface area contributed by atoms with Crippen LogP contribution in [0.15, 0.2) is 40.6 Å². The largest absolute Gasteiger partial charge is 0.270 e. The van der Waals surface area contributed by atoms with E-state index in [1.165, 1.54) is 5.01 Å². The van der Waals surface area contributed by atoms with Crippen LogP contribution >= 0.6 is 24.4 Å². The first kappa shape index (κ1) is 10.8. The second-order valence-electron chi connectivity index (χ2n) is 2.91. The van der Waals surface area contributed by atoms with Crippen molar-refractivity contribution in [3.8, 4) is 0 Å². The lowest BCUT2D eigenvalue weighted by Gasteiger charge is -2.15. The number of hydrazine groups is 1. The summed E-state index contributed by atoms with van der Waals surface area (Å²) in [7, 11) is 0. The van der Waals surface area contributed by atoms with E-state index in [0.29, 0.717) is 5.56 Å². The molecule has 1 N–H and O–H groups in total. The molecule has 1 aliphatic heterocycles. The SMILES string of the molecule is O=C(NN1C(=S)N=NC1=S)c1ccccc1. The summed E-state index contributed by atoms with van der Waals surface area (Å²) < 4.78 is 0. The first-order chi connectivity index (χ1) is 7.68. The van der Waals surface area contributed by atoms with E-state index >= 15 is 0 Å². The van der Waals surface area contributed by atoms with Gasteiger partial charge in [-0.1, -0.05) is 18.2 Å². The maximum Gasteiger partial charge on any atom is 0.270 e. The minimum absolute atomic E-state index is 0.134. The van der Waals surface area contributed by atoms with Crippen LogP contribution in [0.5, 0.6) is 0 Å². The van der Waals surface area contributed by atoms with E-state index in [2.05, 4.69) is 15.7 Å². The second-order valence-corrected chi connectivity index (χ2v) is 3.64. The minimum atomic E-state index is -0.308. The fourth-order valence-electron chi connectivity index (χ4n) is 1.11. The van der Waals surface area contributed by atoms with E-state index < -0.39 is 0 Å². The van der Waals surface area contributed by atoms with Crippen molar-refractivity contribution in [1.82, 2.24) is 10.4 Å². The molecule has 0 aromatic heterocycles. The maximum atomic E-state index is 11.7. The van der Waals surface area contributed by atoms with Crippen molar-refractivity contribution in [2.45, 2.75) is 0 Å². The topological polar surface area (TPSA) is 57.1 Å². The van der Waals surface area contributed by atoms with Gasteiger partial charge in [0.25, 0.3) is 5.91 Å². The molecule has 0 unspecified atom stereocenters. The molecule has 7 heteroatoms. The van der Waals surface area contributed by atoms with Gasteiger partial charge in [0.15, 0.2) is 0 Å². The summed E-state index contributed by atoms with van der Waals surface area (Å²) in [6.45, 7) is 0. The average Bonchev–Trinajstić information content (AvgIpc) is 2.62. The highest BCUT2D eigenvalue weighted by atomic mass is 32.1. The molecule has 1 aromatic rings. The molecule has 16 heavy (non-hydrogen) atoms. The smallest absolute Gasteiger partial charge is 0.267 e. The van der Waals surface area contributed by atoms with Crippen molar-refractivity contribution in [2.75, 3.05) is 0 Å². The lowest BCUT2D eigenvalue weighted by atomic mass is 10.2. The summed E-state index contributed by atoms with van der Waals surface area (Å²) in [6.07, 6.45) is 0. The van der Waals surface area contributed by atoms with Crippen molar-refractivity contribution in [3.05, 3.63) is 35.9 Å². The van der Waals surface area contributed by atoms with Crippen LogP contribution in [0.2, 0.25) is 0 Å². The summed E-state index contributed by atoms with van der Waals surface area (Å²) in [5.74, 6) is -0.308. The van der Waals surface area contributed by atoms with Gasteiger partial charge in [-0.05, 0) is 36.6 Å².